The molecule has 0 heterocycles. The molecule has 30 heavy (non-hydrogen) atoms. The highest BCUT2D eigenvalue weighted by atomic mass is 16.6. The first-order valence-electron chi connectivity index (χ1n) is 9.92. The second-order valence-electron chi connectivity index (χ2n) is 8.79. The average Bonchev–Trinajstić information content (AvgIpc) is 3.04. The monoisotopic (exact) mass is 420 g/mol. The second-order valence-corrected chi connectivity index (χ2v) is 8.79. The molecule has 0 aliphatic heterocycles. The third-order valence-electron chi connectivity index (χ3n) is 7.38. The molecule has 2 bridgehead atoms. The van der Waals surface area contributed by atoms with E-state index in [2.05, 4.69) is 26.1 Å². The van der Waals surface area contributed by atoms with Crippen LogP contribution in [-0.4, -0.2) is 43.7 Å². The Bertz CT molecular complexity index is 882. The molecule has 3 atom stereocenters. The van der Waals surface area contributed by atoms with Gasteiger partial charge in [-0.15, -0.1) is 0 Å². The Hall–Kier alpha value is -2.84. The van der Waals surface area contributed by atoms with Gasteiger partial charge in [0.1, 0.15) is 5.56 Å². The molecule has 0 radical (unpaired) electrons. The standard InChI is InChI=1S/C21H28N2O7/c1-20(2)12-6-7-21(20,3)17(8-12)22-18(24)11-30-19(25)13-9-15(28-4)16(29-5)10-14(13)23(26)27/h9-10,12,17H,6-8,11H2,1-5H3,(H,22,24). The van der Waals surface area contributed by atoms with Crippen molar-refractivity contribution >= 4 is 17.6 Å². The van der Waals surface area contributed by atoms with Crippen molar-refractivity contribution in [1.29, 1.82) is 0 Å². The van der Waals surface area contributed by atoms with Crippen LogP contribution in [0, 0.1) is 26.9 Å². The minimum absolute atomic E-state index is 0.000524. The number of nitrogens with one attached hydrogen (secondary N) is 1. The van der Waals surface area contributed by atoms with Crippen LogP contribution < -0.4 is 14.8 Å². The molecule has 1 aromatic carbocycles. The summed E-state index contributed by atoms with van der Waals surface area (Å²) in [4.78, 5) is 35.6. The van der Waals surface area contributed by atoms with Crippen LogP contribution in [0.3, 0.4) is 0 Å². The predicted octanol–water partition coefficient (Wildman–Crippen LogP) is 3.10. The van der Waals surface area contributed by atoms with Crippen molar-refractivity contribution in [3.8, 4) is 11.5 Å². The first kappa shape index (κ1) is 21.9. The number of fused-ring (bicyclic) bond motifs is 2. The van der Waals surface area contributed by atoms with E-state index in [1.807, 2.05) is 0 Å². The van der Waals surface area contributed by atoms with E-state index in [9.17, 15) is 19.7 Å². The van der Waals surface area contributed by atoms with Crippen molar-refractivity contribution in [3.05, 3.63) is 27.8 Å². The molecule has 9 heteroatoms. The highest BCUT2D eigenvalue weighted by molar-refractivity contribution is 5.96. The number of hydrogen-bond donors (Lipinski definition) is 1. The zero-order valence-corrected chi connectivity index (χ0v) is 17.9. The first-order chi connectivity index (χ1) is 14.0. The van der Waals surface area contributed by atoms with Crippen LogP contribution in [0.5, 0.6) is 11.5 Å². The molecule has 3 rings (SSSR count). The second kappa shape index (κ2) is 7.77. The Labute approximate surface area is 175 Å². The van der Waals surface area contributed by atoms with Gasteiger partial charge in [0, 0.05) is 12.1 Å². The molecular formula is C21H28N2O7. The maximum absolute atomic E-state index is 12.5. The third-order valence-corrected chi connectivity index (χ3v) is 7.38. The molecule has 2 saturated carbocycles. The number of benzene rings is 1. The van der Waals surface area contributed by atoms with Crippen LogP contribution in [0.1, 0.15) is 50.4 Å². The molecule has 1 N–H and O–H groups in total. The van der Waals surface area contributed by atoms with Gasteiger partial charge in [0.05, 0.1) is 25.2 Å². The van der Waals surface area contributed by atoms with Crippen LogP contribution in [0.25, 0.3) is 0 Å². The Morgan fingerprint density at radius 1 is 1.20 bits per heavy atom. The summed E-state index contributed by atoms with van der Waals surface area (Å²) in [5.41, 5.74) is -0.652. The minimum atomic E-state index is -0.975. The molecule has 1 aromatic rings. The number of rotatable bonds is 7. The van der Waals surface area contributed by atoms with Gasteiger partial charge < -0.3 is 19.5 Å². The molecular weight excluding hydrogens is 392 g/mol. The van der Waals surface area contributed by atoms with E-state index in [-0.39, 0.29) is 33.9 Å². The van der Waals surface area contributed by atoms with Crippen molar-refractivity contribution in [3.63, 3.8) is 0 Å². The highest BCUT2D eigenvalue weighted by Crippen LogP contribution is 2.65. The first-order valence-corrected chi connectivity index (χ1v) is 9.92. The van der Waals surface area contributed by atoms with Gasteiger partial charge in [0.25, 0.3) is 11.6 Å². The number of nitro groups is 1. The Balaban J connectivity index is 1.67. The van der Waals surface area contributed by atoms with Crippen molar-refractivity contribution in [2.45, 2.75) is 46.1 Å². The summed E-state index contributed by atoms with van der Waals surface area (Å²) in [6.45, 7) is 6.17. The van der Waals surface area contributed by atoms with E-state index in [0.717, 1.165) is 25.3 Å². The number of nitrogens with zero attached hydrogens (tertiary/aromatic N) is 1. The zero-order valence-electron chi connectivity index (χ0n) is 17.9. The summed E-state index contributed by atoms with van der Waals surface area (Å²) in [5.74, 6) is -0.564. The van der Waals surface area contributed by atoms with Gasteiger partial charge in [-0.2, -0.15) is 0 Å². The van der Waals surface area contributed by atoms with Crippen molar-refractivity contribution in [2.24, 2.45) is 16.7 Å². The maximum Gasteiger partial charge on any atom is 0.345 e. The number of methoxy groups -OCH3 is 2. The lowest BCUT2D eigenvalue weighted by Crippen LogP contribution is -2.48. The minimum Gasteiger partial charge on any atom is -0.493 e. The van der Waals surface area contributed by atoms with E-state index in [1.54, 1.807) is 0 Å². The summed E-state index contributed by atoms with van der Waals surface area (Å²) in [6.07, 6.45) is 3.12. The van der Waals surface area contributed by atoms with Crippen molar-refractivity contribution in [2.75, 3.05) is 20.8 Å². The van der Waals surface area contributed by atoms with Crippen molar-refractivity contribution < 1.29 is 28.7 Å². The quantitative estimate of drug-likeness (QED) is 0.409. The fourth-order valence-corrected chi connectivity index (χ4v) is 5.05. The molecule has 9 nitrogen and oxygen atoms in total. The number of esters is 1. The van der Waals surface area contributed by atoms with Crippen LogP contribution in [0.2, 0.25) is 0 Å². The van der Waals surface area contributed by atoms with Crippen LogP contribution in [0.4, 0.5) is 5.69 Å². The van der Waals surface area contributed by atoms with Crippen LogP contribution >= 0.6 is 0 Å². The molecule has 2 aliphatic carbocycles. The van der Waals surface area contributed by atoms with Gasteiger partial charge in [-0.05, 0) is 36.0 Å². The van der Waals surface area contributed by atoms with E-state index >= 15 is 0 Å². The smallest absolute Gasteiger partial charge is 0.345 e. The van der Waals surface area contributed by atoms with Gasteiger partial charge in [0.15, 0.2) is 18.1 Å². The SMILES string of the molecule is COc1cc(C(=O)OCC(=O)NC2CC3CCC2(C)C3(C)C)c([N+](=O)[O-])cc1OC. The molecule has 3 unspecified atom stereocenters. The maximum atomic E-state index is 12.5. The molecule has 0 spiro atoms. The predicted molar refractivity (Wildman–Crippen MR) is 108 cm³/mol. The third kappa shape index (κ3) is 3.46. The van der Waals surface area contributed by atoms with Gasteiger partial charge >= 0.3 is 5.97 Å². The molecule has 1 amide bonds. The van der Waals surface area contributed by atoms with E-state index < -0.39 is 29.1 Å². The number of amides is 1. The van der Waals surface area contributed by atoms with E-state index in [1.165, 1.54) is 20.3 Å². The van der Waals surface area contributed by atoms with Gasteiger partial charge in [0.2, 0.25) is 0 Å². The van der Waals surface area contributed by atoms with E-state index in [4.69, 9.17) is 14.2 Å². The van der Waals surface area contributed by atoms with Gasteiger partial charge in [-0.1, -0.05) is 20.8 Å². The lowest BCUT2D eigenvalue weighted by Gasteiger charge is -2.39. The fraction of sp³-hybridized carbons (Fsp3) is 0.619. The molecule has 0 saturated heterocycles. The Kier molecular flexibility index (Phi) is 5.66. The lowest BCUT2D eigenvalue weighted by molar-refractivity contribution is -0.385. The highest BCUT2D eigenvalue weighted by Gasteiger charge is 2.61. The number of carbonyl (C=O) groups is 2. The zero-order chi connectivity index (χ0) is 22.3. The van der Waals surface area contributed by atoms with Gasteiger partial charge in [-0.25, -0.2) is 4.79 Å². The molecule has 0 aromatic heterocycles. The topological polar surface area (TPSA) is 117 Å². The average molecular weight is 420 g/mol. The summed E-state index contributed by atoms with van der Waals surface area (Å²) in [6, 6.07) is 2.29. The molecule has 2 aliphatic rings. The summed E-state index contributed by atoms with van der Waals surface area (Å²) in [5, 5.41) is 14.4. The summed E-state index contributed by atoms with van der Waals surface area (Å²) >= 11 is 0. The molecule has 2 fully saturated rings. The number of hydrogen-bond acceptors (Lipinski definition) is 7. The number of carbonyl (C=O) groups excluding carboxylic acids is 2. The summed E-state index contributed by atoms with van der Waals surface area (Å²) in [7, 11) is 2.69. The van der Waals surface area contributed by atoms with Crippen molar-refractivity contribution in [1.82, 2.24) is 5.32 Å². The molecule has 164 valence electrons. The lowest BCUT2D eigenvalue weighted by atomic mass is 9.69. The largest absolute Gasteiger partial charge is 0.493 e. The Morgan fingerprint density at radius 3 is 2.33 bits per heavy atom. The Morgan fingerprint density at radius 2 is 1.83 bits per heavy atom. The normalized spacial score (nSPS) is 26.2. The number of nitro benzene ring substituents is 1. The fourth-order valence-electron chi connectivity index (χ4n) is 5.05. The number of ether oxygens (including phenoxy) is 3. The van der Waals surface area contributed by atoms with Crippen LogP contribution in [-0.2, 0) is 9.53 Å². The van der Waals surface area contributed by atoms with E-state index in [0.29, 0.717) is 5.92 Å². The van der Waals surface area contributed by atoms with Gasteiger partial charge in [-0.3, -0.25) is 14.9 Å². The van der Waals surface area contributed by atoms with Crippen LogP contribution in [0.15, 0.2) is 12.1 Å². The summed E-state index contributed by atoms with van der Waals surface area (Å²) < 4.78 is 15.2.